The molecule has 2 aromatic carbocycles. The Morgan fingerprint density at radius 2 is 1.62 bits per heavy atom. The third-order valence-electron chi connectivity index (χ3n) is 4.42. The van der Waals surface area contributed by atoms with E-state index in [1.54, 1.807) is 0 Å². The van der Waals surface area contributed by atoms with E-state index in [1.807, 2.05) is 6.07 Å². The number of rotatable bonds is 6. The molecule has 0 fully saturated rings. The van der Waals surface area contributed by atoms with Crippen LogP contribution in [-0.2, 0) is 19.6 Å². The SMILES string of the molecule is Cc1cccc(CNCc2c(C)nn(Cc3ccccc3)c2C)c1. The van der Waals surface area contributed by atoms with E-state index in [9.17, 15) is 0 Å². The molecule has 24 heavy (non-hydrogen) atoms. The Kier molecular flexibility index (Phi) is 5.11. The number of aromatic nitrogens is 2. The zero-order chi connectivity index (χ0) is 16.9. The summed E-state index contributed by atoms with van der Waals surface area (Å²) in [6.07, 6.45) is 0. The second-order valence-electron chi connectivity index (χ2n) is 6.39. The number of hydrogen-bond acceptors (Lipinski definition) is 2. The third-order valence-corrected chi connectivity index (χ3v) is 4.42. The van der Waals surface area contributed by atoms with Gasteiger partial charge in [0.05, 0.1) is 12.2 Å². The average molecular weight is 319 g/mol. The molecule has 124 valence electrons. The summed E-state index contributed by atoms with van der Waals surface area (Å²) >= 11 is 0. The van der Waals surface area contributed by atoms with Gasteiger partial charge in [0.2, 0.25) is 0 Å². The van der Waals surface area contributed by atoms with Crippen molar-refractivity contribution in [2.75, 3.05) is 0 Å². The maximum absolute atomic E-state index is 4.72. The average Bonchev–Trinajstić information content (AvgIpc) is 2.83. The molecule has 3 rings (SSSR count). The third kappa shape index (κ3) is 3.92. The summed E-state index contributed by atoms with van der Waals surface area (Å²) in [4.78, 5) is 0. The van der Waals surface area contributed by atoms with E-state index in [0.717, 1.165) is 25.3 Å². The van der Waals surface area contributed by atoms with Crippen LogP contribution in [0.4, 0.5) is 0 Å². The molecule has 0 saturated carbocycles. The van der Waals surface area contributed by atoms with Crippen molar-refractivity contribution < 1.29 is 0 Å². The van der Waals surface area contributed by atoms with Gasteiger partial charge in [-0.1, -0.05) is 60.2 Å². The van der Waals surface area contributed by atoms with Gasteiger partial charge in [-0.15, -0.1) is 0 Å². The van der Waals surface area contributed by atoms with Crippen molar-refractivity contribution in [2.24, 2.45) is 0 Å². The molecule has 0 radical (unpaired) electrons. The molecule has 0 bridgehead atoms. The van der Waals surface area contributed by atoms with Gasteiger partial charge in [-0.05, 0) is 31.9 Å². The molecular formula is C21H25N3. The molecule has 3 nitrogen and oxygen atoms in total. The normalized spacial score (nSPS) is 11.0. The fourth-order valence-corrected chi connectivity index (χ4v) is 3.05. The van der Waals surface area contributed by atoms with Gasteiger partial charge in [0.25, 0.3) is 0 Å². The minimum Gasteiger partial charge on any atom is -0.308 e. The molecule has 3 aromatic rings. The van der Waals surface area contributed by atoms with Gasteiger partial charge in [-0.25, -0.2) is 0 Å². The number of nitrogens with zero attached hydrogens (tertiary/aromatic N) is 2. The minimum atomic E-state index is 0.825. The van der Waals surface area contributed by atoms with Crippen LogP contribution in [0.3, 0.4) is 0 Å². The molecule has 0 atom stereocenters. The van der Waals surface area contributed by atoms with E-state index >= 15 is 0 Å². The lowest BCUT2D eigenvalue weighted by molar-refractivity contribution is 0.653. The zero-order valence-corrected chi connectivity index (χ0v) is 14.7. The number of nitrogens with one attached hydrogen (secondary N) is 1. The van der Waals surface area contributed by atoms with Crippen molar-refractivity contribution in [3.63, 3.8) is 0 Å². The minimum absolute atomic E-state index is 0.825. The second-order valence-corrected chi connectivity index (χ2v) is 6.39. The highest BCUT2D eigenvalue weighted by molar-refractivity contribution is 5.26. The molecule has 0 amide bonds. The van der Waals surface area contributed by atoms with Crippen molar-refractivity contribution in [2.45, 2.75) is 40.4 Å². The van der Waals surface area contributed by atoms with Crippen molar-refractivity contribution >= 4 is 0 Å². The topological polar surface area (TPSA) is 29.9 Å². The lowest BCUT2D eigenvalue weighted by Gasteiger charge is -2.08. The highest BCUT2D eigenvalue weighted by atomic mass is 15.3. The van der Waals surface area contributed by atoms with Gasteiger partial charge in [-0.2, -0.15) is 5.10 Å². The van der Waals surface area contributed by atoms with Crippen molar-refractivity contribution in [3.8, 4) is 0 Å². The molecule has 0 saturated heterocycles. The molecule has 0 aliphatic rings. The summed E-state index contributed by atoms with van der Waals surface area (Å²) in [5.41, 5.74) is 7.56. The van der Waals surface area contributed by atoms with Crippen LogP contribution in [0.2, 0.25) is 0 Å². The first-order chi connectivity index (χ1) is 11.6. The summed E-state index contributed by atoms with van der Waals surface area (Å²) in [5.74, 6) is 0. The van der Waals surface area contributed by atoms with Crippen LogP contribution in [0, 0.1) is 20.8 Å². The van der Waals surface area contributed by atoms with Gasteiger partial charge < -0.3 is 5.32 Å². The van der Waals surface area contributed by atoms with Crippen LogP contribution in [0.5, 0.6) is 0 Å². The first-order valence-corrected chi connectivity index (χ1v) is 8.46. The fourth-order valence-electron chi connectivity index (χ4n) is 3.05. The zero-order valence-electron chi connectivity index (χ0n) is 14.7. The molecular weight excluding hydrogens is 294 g/mol. The van der Waals surface area contributed by atoms with Crippen LogP contribution in [-0.4, -0.2) is 9.78 Å². The molecule has 0 aliphatic heterocycles. The summed E-state index contributed by atoms with van der Waals surface area (Å²) in [5, 5.41) is 8.27. The number of aryl methyl sites for hydroxylation is 2. The predicted molar refractivity (Wildman–Crippen MR) is 99.0 cm³/mol. The highest BCUT2D eigenvalue weighted by Crippen LogP contribution is 2.15. The van der Waals surface area contributed by atoms with Crippen LogP contribution in [0.15, 0.2) is 54.6 Å². The van der Waals surface area contributed by atoms with E-state index in [1.165, 1.54) is 27.9 Å². The molecule has 0 unspecified atom stereocenters. The van der Waals surface area contributed by atoms with Gasteiger partial charge in [0, 0.05) is 24.3 Å². The van der Waals surface area contributed by atoms with Gasteiger partial charge in [0.15, 0.2) is 0 Å². The predicted octanol–water partition coefficient (Wildman–Crippen LogP) is 4.15. The lowest BCUT2D eigenvalue weighted by Crippen LogP contribution is -2.14. The van der Waals surface area contributed by atoms with E-state index in [-0.39, 0.29) is 0 Å². The standard InChI is InChI=1S/C21H25N3/c1-16-8-7-11-20(12-16)13-22-14-21-17(2)23-24(18(21)3)15-19-9-5-4-6-10-19/h4-12,22H,13-15H2,1-3H3. The molecule has 1 N–H and O–H groups in total. The Morgan fingerprint density at radius 3 is 2.38 bits per heavy atom. The van der Waals surface area contributed by atoms with Crippen LogP contribution < -0.4 is 5.32 Å². The first-order valence-electron chi connectivity index (χ1n) is 8.46. The molecule has 0 aliphatic carbocycles. The smallest absolute Gasteiger partial charge is 0.0662 e. The summed E-state index contributed by atoms with van der Waals surface area (Å²) in [6.45, 7) is 8.94. The second kappa shape index (κ2) is 7.45. The Labute approximate surface area is 144 Å². The highest BCUT2D eigenvalue weighted by Gasteiger charge is 2.11. The largest absolute Gasteiger partial charge is 0.308 e. The van der Waals surface area contributed by atoms with Crippen LogP contribution in [0.25, 0.3) is 0 Å². The van der Waals surface area contributed by atoms with Crippen molar-refractivity contribution in [1.29, 1.82) is 0 Å². The number of benzene rings is 2. The summed E-state index contributed by atoms with van der Waals surface area (Å²) in [7, 11) is 0. The van der Waals surface area contributed by atoms with Crippen molar-refractivity contribution in [1.82, 2.24) is 15.1 Å². The summed E-state index contributed by atoms with van der Waals surface area (Å²) < 4.78 is 2.11. The van der Waals surface area contributed by atoms with Crippen molar-refractivity contribution in [3.05, 3.63) is 88.2 Å². The maximum Gasteiger partial charge on any atom is 0.0662 e. The summed E-state index contributed by atoms with van der Waals surface area (Å²) in [6, 6.07) is 19.1. The van der Waals surface area contributed by atoms with Gasteiger partial charge >= 0.3 is 0 Å². The maximum atomic E-state index is 4.72. The number of hydrogen-bond donors (Lipinski definition) is 1. The lowest BCUT2D eigenvalue weighted by atomic mass is 10.1. The van der Waals surface area contributed by atoms with Crippen LogP contribution in [0.1, 0.15) is 33.6 Å². The van der Waals surface area contributed by atoms with Crippen LogP contribution >= 0.6 is 0 Å². The van der Waals surface area contributed by atoms with Gasteiger partial charge in [0.1, 0.15) is 0 Å². The van der Waals surface area contributed by atoms with E-state index in [2.05, 4.69) is 79.3 Å². The Morgan fingerprint density at radius 1 is 0.875 bits per heavy atom. The Hall–Kier alpha value is -2.39. The van der Waals surface area contributed by atoms with E-state index in [0.29, 0.717) is 0 Å². The van der Waals surface area contributed by atoms with E-state index < -0.39 is 0 Å². The quantitative estimate of drug-likeness (QED) is 0.740. The Bertz CT molecular complexity index is 803. The monoisotopic (exact) mass is 319 g/mol. The van der Waals surface area contributed by atoms with Gasteiger partial charge in [-0.3, -0.25) is 4.68 Å². The fraction of sp³-hybridized carbons (Fsp3) is 0.286. The first kappa shape index (κ1) is 16.5. The Balaban J connectivity index is 1.66. The molecule has 1 aromatic heterocycles. The molecule has 1 heterocycles. The van der Waals surface area contributed by atoms with E-state index in [4.69, 9.17) is 5.10 Å². The molecule has 3 heteroatoms. The molecule has 0 spiro atoms.